The van der Waals surface area contributed by atoms with Gasteiger partial charge in [0.1, 0.15) is 5.82 Å². The Balaban J connectivity index is 0.00000243. The van der Waals surface area contributed by atoms with Gasteiger partial charge in [0.2, 0.25) is 0 Å². The first-order valence-corrected chi connectivity index (χ1v) is 8.73. The van der Waals surface area contributed by atoms with E-state index in [0.29, 0.717) is 12.5 Å². The van der Waals surface area contributed by atoms with Crippen molar-refractivity contribution in [1.29, 1.82) is 0 Å². The van der Waals surface area contributed by atoms with Crippen molar-refractivity contribution in [3.05, 3.63) is 66.0 Å². The fraction of sp³-hybridized carbons (Fsp3) is 0.350. The lowest BCUT2D eigenvalue weighted by molar-refractivity contribution is 0.565. The van der Waals surface area contributed by atoms with Crippen LogP contribution in [-0.2, 0) is 6.54 Å². The maximum absolute atomic E-state index is 12.9. The second-order valence-corrected chi connectivity index (χ2v) is 6.37. The van der Waals surface area contributed by atoms with Crippen molar-refractivity contribution in [3.8, 4) is 0 Å². The Bertz CT molecular complexity index is 691. The largest absolute Gasteiger partial charge is 0.371 e. The number of hydrogen-bond donors (Lipinski definition) is 2. The number of nitrogens with one attached hydrogen (secondary N) is 2. The zero-order chi connectivity index (χ0) is 17.5. The molecule has 0 bridgehead atoms. The Morgan fingerprint density at radius 2 is 1.85 bits per heavy atom. The quantitative estimate of drug-likeness (QED) is 0.400. The number of guanidine groups is 1. The summed E-state index contributed by atoms with van der Waals surface area (Å²) in [7, 11) is 1.77. The van der Waals surface area contributed by atoms with Gasteiger partial charge in [0.25, 0.3) is 0 Å². The Morgan fingerprint density at radius 3 is 2.54 bits per heavy atom. The van der Waals surface area contributed by atoms with Crippen molar-refractivity contribution in [3.63, 3.8) is 0 Å². The van der Waals surface area contributed by atoms with Gasteiger partial charge in [-0.25, -0.2) is 4.39 Å². The number of aliphatic imine (C=N–C) groups is 1. The molecule has 2 aromatic carbocycles. The molecular formula is C20H26FIN4. The molecule has 1 saturated heterocycles. The molecule has 0 spiro atoms. The standard InChI is InChI=1S/C20H25FN4.HI/c1-22-20(23-13-16-7-9-18(21)10-8-16)24-14-17-11-12-25(15-17)19-5-3-2-4-6-19;/h2-10,17H,11-15H2,1H3,(H2,22,23,24);1H. The highest BCUT2D eigenvalue weighted by molar-refractivity contribution is 14.0. The molecule has 1 aliphatic rings. The van der Waals surface area contributed by atoms with Crippen LogP contribution in [0.15, 0.2) is 59.6 Å². The molecule has 140 valence electrons. The summed E-state index contributed by atoms with van der Waals surface area (Å²) in [6.45, 7) is 3.68. The van der Waals surface area contributed by atoms with E-state index >= 15 is 0 Å². The van der Waals surface area contributed by atoms with Crippen LogP contribution in [0.1, 0.15) is 12.0 Å². The number of halogens is 2. The Hall–Kier alpha value is -1.83. The highest BCUT2D eigenvalue weighted by Crippen LogP contribution is 2.22. The fourth-order valence-corrected chi connectivity index (χ4v) is 3.12. The highest BCUT2D eigenvalue weighted by Gasteiger charge is 2.22. The monoisotopic (exact) mass is 468 g/mol. The highest BCUT2D eigenvalue weighted by atomic mass is 127. The summed E-state index contributed by atoms with van der Waals surface area (Å²) in [5.74, 6) is 1.17. The summed E-state index contributed by atoms with van der Waals surface area (Å²) in [6, 6.07) is 17.1. The van der Waals surface area contributed by atoms with Gasteiger partial charge in [0.05, 0.1) is 0 Å². The molecule has 26 heavy (non-hydrogen) atoms. The van der Waals surface area contributed by atoms with Crippen LogP contribution in [-0.4, -0.2) is 32.6 Å². The van der Waals surface area contributed by atoms with Crippen molar-refractivity contribution in [2.24, 2.45) is 10.9 Å². The lowest BCUT2D eigenvalue weighted by Crippen LogP contribution is -2.39. The maximum atomic E-state index is 12.9. The molecular weight excluding hydrogens is 442 g/mol. The first-order chi connectivity index (χ1) is 12.2. The number of rotatable bonds is 5. The number of hydrogen-bond acceptors (Lipinski definition) is 2. The third-order valence-electron chi connectivity index (χ3n) is 4.56. The molecule has 2 N–H and O–H groups in total. The summed E-state index contributed by atoms with van der Waals surface area (Å²) in [5.41, 5.74) is 2.32. The van der Waals surface area contributed by atoms with Gasteiger partial charge in [-0.3, -0.25) is 4.99 Å². The molecule has 6 heteroatoms. The van der Waals surface area contributed by atoms with Crippen LogP contribution in [0, 0.1) is 11.7 Å². The summed E-state index contributed by atoms with van der Waals surface area (Å²) >= 11 is 0. The Morgan fingerprint density at radius 1 is 1.12 bits per heavy atom. The molecule has 1 fully saturated rings. The van der Waals surface area contributed by atoms with Crippen molar-refractivity contribution in [1.82, 2.24) is 10.6 Å². The molecule has 1 aliphatic heterocycles. The van der Waals surface area contributed by atoms with Crippen LogP contribution in [0.3, 0.4) is 0 Å². The van der Waals surface area contributed by atoms with Gasteiger partial charge in [0.15, 0.2) is 5.96 Å². The number of anilines is 1. The topological polar surface area (TPSA) is 39.7 Å². The second-order valence-electron chi connectivity index (χ2n) is 6.37. The summed E-state index contributed by atoms with van der Waals surface area (Å²) < 4.78 is 12.9. The van der Waals surface area contributed by atoms with E-state index in [-0.39, 0.29) is 29.8 Å². The van der Waals surface area contributed by atoms with E-state index in [0.717, 1.165) is 31.2 Å². The fourth-order valence-electron chi connectivity index (χ4n) is 3.12. The minimum absolute atomic E-state index is 0. The predicted molar refractivity (Wildman–Crippen MR) is 117 cm³/mol. The molecule has 3 rings (SSSR count). The lowest BCUT2D eigenvalue weighted by atomic mass is 10.1. The van der Waals surface area contributed by atoms with Crippen molar-refractivity contribution < 1.29 is 4.39 Å². The molecule has 0 aromatic heterocycles. The Kier molecular flexibility index (Phi) is 8.15. The van der Waals surface area contributed by atoms with Crippen LogP contribution in [0.2, 0.25) is 0 Å². The predicted octanol–water partition coefficient (Wildman–Crippen LogP) is 3.64. The average molecular weight is 468 g/mol. The summed E-state index contributed by atoms with van der Waals surface area (Å²) in [5, 5.41) is 6.68. The smallest absolute Gasteiger partial charge is 0.191 e. The molecule has 4 nitrogen and oxygen atoms in total. The molecule has 0 aliphatic carbocycles. The molecule has 1 atom stereocenters. The number of para-hydroxylation sites is 1. The van der Waals surface area contributed by atoms with Crippen LogP contribution < -0.4 is 15.5 Å². The first-order valence-electron chi connectivity index (χ1n) is 8.73. The van der Waals surface area contributed by atoms with Crippen molar-refractivity contribution in [2.45, 2.75) is 13.0 Å². The summed E-state index contributed by atoms with van der Waals surface area (Å²) in [6.07, 6.45) is 1.18. The molecule has 0 radical (unpaired) electrons. The molecule has 0 saturated carbocycles. The van der Waals surface area contributed by atoms with Crippen molar-refractivity contribution >= 4 is 35.6 Å². The van der Waals surface area contributed by atoms with Gasteiger partial charge in [-0.1, -0.05) is 30.3 Å². The van der Waals surface area contributed by atoms with Gasteiger partial charge in [-0.15, -0.1) is 24.0 Å². The average Bonchev–Trinajstić information content (AvgIpc) is 3.13. The maximum Gasteiger partial charge on any atom is 0.191 e. The van der Waals surface area contributed by atoms with E-state index in [2.05, 4.69) is 50.9 Å². The van der Waals surface area contributed by atoms with Crippen LogP contribution in [0.5, 0.6) is 0 Å². The van der Waals surface area contributed by atoms with Gasteiger partial charge in [-0.2, -0.15) is 0 Å². The molecule has 0 amide bonds. The zero-order valence-corrected chi connectivity index (χ0v) is 17.3. The first kappa shape index (κ1) is 20.5. The SMILES string of the molecule is CN=C(NCc1ccc(F)cc1)NCC1CCN(c2ccccc2)C1.I. The zero-order valence-electron chi connectivity index (χ0n) is 15.0. The van der Waals surface area contributed by atoms with Crippen LogP contribution in [0.25, 0.3) is 0 Å². The third kappa shape index (κ3) is 5.86. The molecule has 1 unspecified atom stereocenters. The third-order valence-corrected chi connectivity index (χ3v) is 4.56. The van der Waals surface area contributed by atoms with E-state index in [1.807, 2.05) is 0 Å². The minimum atomic E-state index is -0.213. The van der Waals surface area contributed by atoms with Gasteiger partial charge in [0, 0.05) is 38.9 Å². The van der Waals surface area contributed by atoms with E-state index in [9.17, 15) is 4.39 Å². The van der Waals surface area contributed by atoms with Gasteiger partial charge in [-0.05, 0) is 42.2 Å². The van der Waals surface area contributed by atoms with E-state index in [1.165, 1.54) is 24.2 Å². The van der Waals surface area contributed by atoms with Gasteiger partial charge < -0.3 is 15.5 Å². The van der Waals surface area contributed by atoms with Crippen LogP contribution in [0.4, 0.5) is 10.1 Å². The van der Waals surface area contributed by atoms with Gasteiger partial charge >= 0.3 is 0 Å². The normalized spacial score (nSPS) is 16.9. The van der Waals surface area contributed by atoms with Crippen LogP contribution >= 0.6 is 24.0 Å². The number of benzene rings is 2. The molecule has 2 aromatic rings. The summed E-state index contributed by atoms with van der Waals surface area (Å²) in [4.78, 5) is 6.70. The second kappa shape index (κ2) is 10.4. The van der Waals surface area contributed by atoms with E-state index < -0.39 is 0 Å². The van der Waals surface area contributed by atoms with E-state index in [4.69, 9.17) is 0 Å². The van der Waals surface area contributed by atoms with E-state index in [1.54, 1.807) is 19.2 Å². The Labute approximate surface area is 171 Å². The molecule has 1 heterocycles. The number of nitrogens with zero attached hydrogens (tertiary/aromatic N) is 2. The minimum Gasteiger partial charge on any atom is -0.371 e. The lowest BCUT2D eigenvalue weighted by Gasteiger charge is -2.19. The van der Waals surface area contributed by atoms with Crippen molar-refractivity contribution in [2.75, 3.05) is 31.6 Å².